The maximum atomic E-state index is 13.6. The number of nitrogens with zero attached hydrogens (tertiary/aromatic N) is 1. The molecule has 0 N–H and O–H groups in total. The summed E-state index contributed by atoms with van der Waals surface area (Å²) in [6.45, 7) is 0. The molecule has 0 radical (unpaired) electrons. The van der Waals surface area contributed by atoms with Gasteiger partial charge in [-0.3, -0.25) is 4.31 Å². The van der Waals surface area contributed by atoms with Crippen LogP contribution in [0, 0.1) is 5.82 Å². The van der Waals surface area contributed by atoms with Gasteiger partial charge in [0, 0.05) is 7.05 Å². The first-order valence-corrected chi connectivity index (χ1v) is 7.96. The first-order chi connectivity index (χ1) is 8.43. The van der Waals surface area contributed by atoms with Crippen LogP contribution in [0.25, 0.3) is 0 Å². The van der Waals surface area contributed by atoms with Crippen LogP contribution in [0.15, 0.2) is 44.4 Å². The molecule has 1 aromatic carbocycles. The van der Waals surface area contributed by atoms with Gasteiger partial charge in [-0.25, -0.2) is 12.8 Å². The lowest BCUT2D eigenvalue weighted by atomic mass is 10.3. The fourth-order valence-corrected chi connectivity index (χ4v) is 4.79. The van der Waals surface area contributed by atoms with E-state index in [1.165, 1.54) is 31.3 Å². The van der Waals surface area contributed by atoms with Crippen LogP contribution in [0.1, 0.15) is 0 Å². The maximum Gasteiger partial charge on any atom is 0.273 e. The third-order valence-electron chi connectivity index (χ3n) is 2.36. The average molecular weight is 350 g/mol. The van der Waals surface area contributed by atoms with Crippen molar-refractivity contribution in [2.75, 3.05) is 11.4 Å². The molecule has 2 aromatic rings. The van der Waals surface area contributed by atoms with Crippen molar-refractivity contribution < 1.29 is 12.8 Å². The smallest absolute Gasteiger partial charge is 0.266 e. The molecule has 2 rings (SSSR count). The number of sulfonamides is 1. The van der Waals surface area contributed by atoms with E-state index >= 15 is 0 Å². The second-order valence-electron chi connectivity index (χ2n) is 3.48. The quantitative estimate of drug-likeness (QED) is 0.850. The van der Waals surface area contributed by atoms with Crippen molar-refractivity contribution >= 4 is 43.0 Å². The number of thiophene rings is 1. The number of halogens is 2. The summed E-state index contributed by atoms with van der Waals surface area (Å²) in [5.74, 6) is -0.570. The molecule has 0 aliphatic carbocycles. The molecule has 0 saturated heterocycles. The predicted octanol–water partition coefficient (Wildman–Crippen LogP) is 3.47. The van der Waals surface area contributed by atoms with Gasteiger partial charge < -0.3 is 0 Å². The van der Waals surface area contributed by atoms with Crippen molar-refractivity contribution in [1.29, 1.82) is 0 Å². The van der Waals surface area contributed by atoms with Gasteiger partial charge in [0.2, 0.25) is 0 Å². The third kappa shape index (κ3) is 2.43. The molecule has 0 aliphatic heterocycles. The fraction of sp³-hybridized carbons (Fsp3) is 0.0909. The van der Waals surface area contributed by atoms with E-state index in [1.807, 2.05) is 0 Å². The van der Waals surface area contributed by atoms with Crippen LogP contribution in [-0.2, 0) is 10.0 Å². The lowest BCUT2D eigenvalue weighted by Gasteiger charge is -2.18. The molecular formula is C11H9BrFNO2S2. The Morgan fingerprint density at radius 2 is 1.89 bits per heavy atom. The first-order valence-electron chi connectivity index (χ1n) is 4.92. The molecule has 7 heteroatoms. The highest BCUT2D eigenvalue weighted by Gasteiger charge is 2.24. The van der Waals surface area contributed by atoms with Crippen molar-refractivity contribution in [3.8, 4) is 0 Å². The molecule has 0 fully saturated rings. The number of hydrogen-bond donors (Lipinski definition) is 0. The zero-order valence-corrected chi connectivity index (χ0v) is 12.5. The van der Waals surface area contributed by atoms with E-state index in [0.29, 0.717) is 3.79 Å². The van der Waals surface area contributed by atoms with E-state index in [2.05, 4.69) is 15.9 Å². The Balaban J connectivity index is 2.46. The van der Waals surface area contributed by atoms with Gasteiger partial charge in [-0.1, -0.05) is 12.1 Å². The maximum absolute atomic E-state index is 13.6. The van der Waals surface area contributed by atoms with E-state index in [9.17, 15) is 12.8 Å². The Kier molecular flexibility index (Phi) is 3.74. The van der Waals surface area contributed by atoms with Crippen LogP contribution in [0.3, 0.4) is 0 Å². The van der Waals surface area contributed by atoms with Gasteiger partial charge in [0.25, 0.3) is 10.0 Å². The van der Waals surface area contributed by atoms with E-state index in [0.717, 1.165) is 15.6 Å². The monoisotopic (exact) mass is 349 g/mol. The van der Waals surface area contributed by atoms with Crippen LogP contribution < -0.4 is 4.31 Å². The van der Waals surface area contributed by atoms with E-state index in [1.54, 1.807) is 12.1 Å². The molecule has 96 valence electrons. The highest BCUT2D eigenvalue weighted by atomic mass is 79.9. The lowest BCUT2D eigenvalue weighted by Crippen LogP contribution is -2.26. The molecule has 0 amide bonds. The summed E-state index contributed by atoms with van der Waals surface area (Å²) in [6, 6.07) is 8.89. The average Bonchev–Trinajstić information content (AvgIpc) is 2.76. The summed E-state index contributed by atoms with van der Waals surface area (Å²) < 4.78 is 39.9. The van der Waals surface area contributed by atoms with Crippen molar-refractivity contribution in [3.63, 3.8) is 0 Å². The Morgan fingerprint density at radius 1 is 1.22 bits per heavy atom. The Labute approximate surface area is 117 Å². The second kappa shape index (κ2) is 4.99. The topological polar surface area (TPSA) is 37.4 Å². The molecule has 3 nitrogen and oxygen atoms in total. The Hall–Kier alpha value is -0.920. The zero-order valence-electron chi connectivity index (χ0n) is 9.30. The predicted molar refractivity (Wildman–Crippen MR) is 74.0 cm³/mol. The van der Waals surface area contributed by atoms with Crippen LogP contribution in [0.4, 0.5) is 10.1 Å². The molecule has 0 saturated carbocycles. The second-order valence-corrected chi connectivity index (χ2v) is 8.14. The lowest BCUT2D eigenvalue weighted by molar-refractivity contribution is 0.591. The molecular weight excluding hydrogens is 341 g/mol. The standard InChI is InChI=1S/C11H9BrFNO2S2/c1-14(9-5-3-2-4-8(9)13)18(15,16)11-7-6-10(12)17-11/h2-7H,1H3. The van der Waals surface area contributed by atoms with Gasteiger partial charge >= 0.3 is 0 Å². The molecule has 0 spiro atoms. The summed E-state index contributed by atoms with van der Waals surface area (Å²) in [5.41, 5.74) is 0.0297. The van der Waals surface area contributed by atoms with E-state index in [4.69, 9.17) is 0 Å². The number of para-hydroxylation sites is 1. The summed E-state index contributed by atoms with van der Waals surface area (Å²) in [6.07, 6.45) is 0. The van der Waals surface area contributed by atoms with Gasteiger partial charge in [0.1, 0.15) is 10.0 Å². The van der Waals surface area contributed by atoms with Crippen molar-refractivity contribution in [1.82, 2.24) is 0 Å². The molecule has 1 aromatic heterocycles. The largest absolute Gasteiger partial charge is 0.273 e. The van der Waals surface area contributed by atoms with Crippen LogP contribution in [-0.4, -0.2) is 15.5 Å². The molecule has 18 heavy (non-hydrogen) atoms. The fourth-order valence-electron chi connectivity index (χ4n) is 1.41. The summed E-state index contributed by atoms with van der Waals surface area (Å²) in [5, 5.41) is 0. The Morgan fingerprint density at radius 3 is 2.44 bits per heavy atom. The number of hydrogen-bond acceptors (Lipinski definition) is 3. The summed E-state index contributed by atoms with van der Waals surface area (Å²) in [4.78, 5) is 0. The number of anilines is 1. The normalized spacial score (nSPS) is 11.5. The van der Waals surface area contributed by atoms with Crippen LogP contribution >= 0.6 is 27.3 Å². The van der Waals surface area contributed by atoms with Crippen LogP contribution in [0.5, 0.6) is 0 Å². The van der Waals surface area contributed by atoms with Gasteiger partial charge in [-0.15, -0.1) is 11.3 Å². The van der Waals surface area contributed by atoms with Gasteiger partial charge in [0.15, 0.2) is 0 Å². The van der Waals surface area contributed by atoms with Gasteiger partial charge in [0.05, 0.1) is 9.47 Å². The minimum absolute atomic E-state index is 0.0297. The van der Waals surface area contributed by atoms with Crippen LogP contribution in [0.2, 0.25) is 0 Å². The van der Waals surface area contributed by atoms with E-state index in [-0.39, 0.29) is 9.90 Å². The summed E-state index contributed by atoms with van der Waals surface area (Å²) in [7, 11) is -2.38. The van der Waals surface area contributed by atoms with Crippen molar-refractivity contribution in [2.24, 2.45) is 0 Å². The highest BCUT2D eigenvalue weighted by Crippen LogP contribution is 2.30. The molecule has 0 atom stereocenters. The molecule has 0 unspecified atom stereocenters. The van der Waals surface area contributed by atoms with Crippen molar-refractivity contribution in [2.45, 2.75) is 4.21 Å². The van der Waals surface area contributed by atoms with Gasteiger partial charge in [-0.2, -0.15) is 0 Å². The third-order valence-corrected chi connectivity index (χ3v) is 6.22. The highest BCUT2D eigenvalue weighted by molar-refractivity contribution is 9.11. The molecule has 0 bridgehead atoms. The first kappa shape index (κ1) is 13.5. The zero-order chi connectivity index (χ0) is 13.3. The minimum atomic E-state index is -3.71. The van der Waals surface area contributed by atoms with Crippen molar-refractivity contribution in [3.05, 3.63) is 46.0 Å². The summed E-state index contributed by atoms with van der Waals surface area (Å²) >= 11 is 4.29. The molecule has 1 heterocycles. The van der Waals surface area contributed by atoms with Gasteiger partial charge in [-0.05, 0) is 40.2 Å². The number of rotatable bonds is 3. The Bertz CT molecular complexity index is 669. The number of benzene rings is 1. The minimum Gasteiger partial charge on any atom is -0.266 e. The van der Waals surface area contributed by atoms with E-state index < -0.39 is 15.8 Å². The SMILES string of the molecule is CN(c1ccccc1F)S(=O)(=O)c1ccc(Br)s1. The molecule has 0 aliphatic rings.